The van der Waals surface area contributed by atoms with Gasteiger partial charge in [0.15, 0.2) is 0 Å². The number of hydrogen-bond donors (Lipinski definition) is 1. The molecule has 3 unspecified atom stereocenters. The second-order valence-corrected chi connectivity index (χ2v) is 8.39. The van der Waals surface area contributed by atoms with E-state index in [0.29, 0.717) is 19.1 Å². The van der Waals surface area contributed by atoms with Gasteiger partial charge in [-0.2, -0.15) is 0 Å². The summed E-state index contributed by atoms with van der Waals surface area (Å²) < 4.78 is 11.2. The summed E-state index contributed by atoms with van der Waals surface area (Å²) in [6, 6.07) is 4.32. The van der Waals surface area contributed by atoms with E-state index in [1.54, 1.807) is 7.11 Å². The fourth-order valence-electron chi connectivity index (χ4n) is 5.06. The van der Waals surface area contributed by atoms with Crippen LogP contribution in [0.2, 0.25) is 0 Å². The van der Waals surface area contributed by atoms with Crippen molar-refractivity contribution in [3.63, 3.8) is 0 Å². The molecule has 0 bridgehead atoms. The van der Waals surface area contributed by atoms with Gasteiger partial charge in [-0.15, -0.1) is 0 Å². The summed E-state index contributed by atoms with van der Waals surface area (Å²) in [6.45, 7) is 4.31. The molecule has 3 atom stereocenters. The molecule has 1 radical (unpaired) electrons. The van der Waals surface area contributed by atoms with Crippen LogP contribution >= 0.6 is 0 Å². The van der Waals surface area contributed by atoms with Crippen molar-refractivity contribution in [3.8, 4) is 0 Å². The maximum absolute atomic E-state index is 6.03. The zero-order valence-electron chi connectivity index (χ0n) is 17.6. The molecule has 7 heteroatoms. The normalized spacial score (nSPS) is 25.8. The van der Waals surface area contributed by atoms with Gasteiger partial charge in [0, 0.05) is 43.4 Å². The number of H-pyrrole nitrogens is 1. The van der Waals surface area contributed by atoms with E-state index in [1.165, 1.54) is 22.8 Å². The van der Waals surface area contributed by atoms with Gasteiger partial charge in [0.1, 0.15) is 5.65 Å². The Balaban J connectivity index is 1.35. The molecular weight excluding hydrogens is 378 g/mol. The third kappa shape index (κ3) is 3.95. The average Bonchev–Trinajstić information content (AvgIpc) is 3.28. The van der Waals surface area contributed by atoms with Crippen LogP contribution in [0.3, 0.4) is 0 Å². The van der Waals surface area contributed by atoms with Gasteiger partial charge in [-0.3, -0.25) is 9.88 Å². The Hall–Kier alpha value is -2.06. The molecule has 5 rings (SSSR count). The number of aromatic nitrogens is 3. The van der Waals surface area contributed by atoms with Gasteiger partial charge in [0.2, 0.25) is 0 Å². The number of piperidine rings is 2. The minimum absolute atomic E-state index is 0.268. The molecule has 2 saturated heterocycles. The number of pyridine rings is 2. The van der Waals surface area contributed by atoms with Crippen LogP contribution in [-0.2, 0) is 9.47 Å². The highest BCUT2D eigenvalue weighted by atomic mass is 16.5. The lowest BCUT2D eigenvalue weighted by molar-refractivity contribution is -0.0377. The number of nitrogens with one attached hydrogen (secondary N) is 1. The summed E-state index contributed by atoms with van der Waals surface area (Å²) in [5.41, 5.74) is 3.29. The van der Waals surface area contributed by atoms with E-state index in [4.69, 9.17) is 14.8 Å². The van der Waals surface area contributed by atoms with Gasteiger partial charge in [0.05, 0.1) is 37.2 Å². The van der Waals surface area contributed by atoms with Crippen molar-refractivity contribution in [3.05, 3.63) is 36.3 Å². The first-order valence-electron chi connectivity index (χ1n) is 11.1. The standard InChI is InChI=1S/C23H30N5O2/c1-29-11-12-30-17-3-2-10-28(15-17)21-13-16(4-7-25-21)18-5-8-24-20-14-27-23-19(22(18)20)6-9-26-23/h5-6,8-9,14,16-17,21H,2-4,7,10-13,15H2,1H3,(H,26,27). The summed E-state index contributed by atoms with van der Waals surface area (Å²) >= 11 is 0. The Morgan fingerprint density at radius 2 is 2.17 bits per heavy atom. The summed E-state index contributed by atoms with van der Waals surface area (Å²) in [4.78, 5) is 14.9. The predicted octanol–water partition coefficient (Wildman–Crippen LogP) is 3.05. The van der Waals surface area contributed by atoms with Gasteiger partial charge in [-0.05, 0) is 55.8 Å². The van der Waals surface area contributed by atoms with Crippen LogP contribution in [0.25, 0.3) is 21.9 Å². The zero-order chi connectivity index (χ0) is 20.3. The van der Waals surface area contributed by atoms with Crippen molar-refractivity contribution in [1.29, 1.82) is 0 Å². The topological polar surface area (TPSA) is 77.4 Å². The first kappa shape index (κ1) is 19.9. The first-order valence-corrected chi connectivity index (χ1v) is 11.1. The number of fused-ring (bicyclic) bond motifs is 3. The van der Waals surface area contributed by atoms with Crippen LogP contribution in [0.1, 0.15) is 37.2 Å². The van der Waals surface area contributed by atoms with E-state index < -0.39 is 0 Å². The Kier molecular flexibility index (Phi) is 5.95. The number of methoxy groups -OCH3 is 1. The fourth-order valence-corrected chi connectivity index (χ4v) is 5.06. The zero-order valence-corrected chi connectivity index (χ0v) is 17.6. The summed E-state index contributed by atoms with van der Waals surface area (Å²) in [7, 11) is 1.72. The van der Waals surface area contributed by atoms with Crippen LogP contribution in [0.15, 0.2) is 30.7 Å². The summed E-state index contributed by atoms with van der Waals surface area (Å²) in [5, 5.41) is 7.41. The molecule has 3 aromatic heterocycles. The van der Waals surface area contributed by atoms with E-state index in [-0.39, 0.29) is 12.3 Å². The summed E-state index contributed by atoms with van der Waals surface area (Å²) in [6.07, 6.45) is 10.8. The molecule has 2 aliphatic rings. The van der Waals surface area contributed by atoms with Crippen molar-refractivity contribution in [1.82, 2.24) is 25.2 Å². The average molecular weight is 409 g/mol. The van der Waals surface area contributed by atoms with Crippen molar-refractivity contribution < 1.29 is 9.47 Å². The molecule has 159 valence electrons. The molecule has 2 fully saturated rings. The highest BCUT2D eigenvalue weighted by Gasteiger charge is 2.32. The Morgan fingerprint density at radius 3 is 3.10 bits per heavy atom. The van der Waals surface area contributed by atoms with Gasteiger partial charge >= 0.3 is 0 Å². The predicted molar refractivity (Wildman–Crippen MR) is 117 cm³/mol. The number of rotatable bonds is 6. The summed E-state index contributed by atoms with van der Waals surface area (Å²) in [5.74, 6) is 0.480. The number of aromatic amines is 1. The van der Waals surface area contributed by atoms with Crippen molar-refractivity contribution in [2.45, 2.75) is 43.9 Å². The number of nitrogens with zero attached hydrogens (tertiary/aromatic N) is 4. The van der Waals surface area contributed by atoms with Gasteiger partial charge in [-0.25, -0.2) is 10.3 Å². The molecule has 5 heterocycles. The smallest absolute Gasteiger partial charge is 0.137 e. The Bertz CT molecular complexity index is 990. The Morgan fingerprint density at radius 1 is 1.20 bits per heavy atom. The van der Waals surface area contributed by atoms with Crippen LogP contribution in [0, 0.1) is 0 Å². The molecule has 0 saturated carbocycles. The van der Waals surface area contributed by atoms with E-state index in [1.807, 2.05) is 18.6 Å². The molecule has 1 N–H and O–H groups in total. The monoisotopic (exact) mass is 408 g/mol. The van der Waals surface area contributed by atoms with Crippen molar-refractivity contribution in [2.75, 3.05) is 40.0 Å². The lowest BCUT2D eigenvalue weighted by Crippen LogP contribution is -2.51. The van der Waals surface area contributed by atoms with Gasteiger partial charge in [-0.1, -0.05) is 0 Å². The highest BCUT2D eigenvalue weighted by molar-refractivity contribution is 6.05. The molecule has 7 nitrogen and oxygen atoms in total. The third-order valence-electron chi connectivity index (χ3n) is 6.55. The maximum Gasteiger partial charge on any atom is 0.137 e. The lowest BCUT2D eigenvalue weighted by atomic mass is 9.85. The molecule has 2 aliphatic heterocycles. The molecular formula is C23H30N5O2. The van der Waals surface area contributed by atoms with E-state index in [9.17, 15) is 0 Å². The van der Waals surface area contributed by atoms with E-state index in [0.717, 1.165) is 50.1 Å². The van der Waals surface area contributed by atoms with Gasteiger partial charge in [0.25, 0.3) is 0 Å². The van der Waals surface area contributed by atoms with Crippen LogP contribution < -0.4 is 5.32 Å². The SMILES string of the molecule is COCCOC1CCCN(C2CC(c3ccnc4cnc5[nH]ccc5c34)CC[N]2)C1. The minimum atomic E-state index is 0.268. The van der Waals surface area contributed by atoms with Crippen molar-refractivity contribution in [2.24, 2.45) is 0 Å². The van der Waals surface area contributed by atoms with Gasteiger partial charge < -0.3 is 14.5 Å². The minimum Gasteiger partial charge on any atom is -0.382 e. The molecule has 3 aromatic rings. The number of hydrogen-bond acceptors (Lipinski definition) is 5. The fraction of sp³-hybridized carbons (Fsp3) is 0.565. The van der Waals surface area contributed by atoms with E-state index in [2.05, 4.69) is 32.0 Å². The van der Waals surface area contributed by atoms with Crippen LogP contribution in [0.5, 0.6) is 0 Å². The van der Waals surface area contributed by atoms with E-state index >= 15 is 0 Å². The molecule has 30 heavy (non-hydrogen) atoms. The second-order valence-electron chi connectivity index (χ2n) is 8.39. The number of likely N-dealkylation sites (tertiary alicyclic amines) is 1. The quantitative estimate of drug-likeness (QED) is 0.635. The van der Waals surface area contributed by atoms with Crippen molar-refractivity contribution >= 4 is 21.9 Å². The van der Waals surface area contributed by atoms with Crippen LogP contribution in [-0.4, -0.2) is 72.1 Å². The highest BCUT2D eigenvalue weighted by Crippen LogP contribution is 2.36. The maximum atomic E-state index is 6.03. The molecule has 0 amide bonds. The lowest BCUT2D eigenvalue weighted by Gasteiger charge is -2.41. The Labute approximate surface area is 177 Å². The third-order valence-corrected chi connectivity index (χ3v) is 6.55. The number of ether oxygens (including phenoxy) is 2. The van der Waals surface area contributed by atoms with Crippen LogP contribution in [0.4, 0.5) is 0 Å². The molecule has 0 aliphatic carbocycles. The molecule has 0 spiro atoms. The first-order chi connectivity index (χ1) is 14.8. The largest absolute Gasteiger partial charge is 0.382 e. The molecule has 0 aromatic carbocycles. The second kappa shape index (κ2) is 8.98.